The lowest BCUT2D eigenvalue weighted by Crippen LogP contribution is -2.52. The molecule has 0 saturated heterocycles. The van der Waals surface area contributed by atoms with E-state index in [1.807, 2.05) is 81.4 Å². The number of carbonyl (C=O) groups is 1. The molecule has 0 aliphatic rings. The number of aliphatic hydroxyl groups excluding tert-OH is 2. The molecule has 0 bridgehead atoms. The number of carboxylic acids is 1. The van der Waals surface area contributed by atoms with Gasteiger partial charge in [-0.1, -0.05) is 81.4 Å². The summed E-state index contributed by atoms with van der Waals surface area (Å²) in [6.45, 7) is 5.96. The smallest absolute Gasteiger partial charge is 0.334 e. The van der Waals surface area contributed by atoms with Crippen LogP contribution in [0.1, 0.15) is 33.6 Å². The van der Waals surface area contributed by atoms with E-state index >= 15 is 0 Å². The summed E-state index contributed by atoms with van der Waals surface area (Å²) in [5, 5.41) is 32.4. The Kier molecular flexibility index (Phi) is 7.95. The molecule has 0 aliphatic heterocycles. The third-order valence-electron chi connectivity index (χ3n) is 4.44. The van der Waals surface area contributed by atoms with Gasteiger partial charge in [-0.2, -0.15) is 0 Å². The molecule has 0 aromatic heterocycles. The molecule has 3 atom stereocenters. The highest BCUT2D eigenvalue weighted by Gasteiger charge is 2.34. The van der Waals surface area contributed by atoms with Gasteiger partial charge in [-0.25, -0.2) is 4.79 Å². The SMILES string of the molecule is CC(C)(C)C[C@H](O)C[C@@H](O)C(O[SiH](c1ccccc1)c1ccccc1)C(=O)O. The summed E-state index contributed by atoms with van der Waals surface area (Å²) in [4.78, 5) is 11.9. The molecule has 0 fully saturated rings. The van der Waals surface area contributed by atoms with E-state index in [1.165, 1.54) is 0 Å². The molecule has 2 aromatic carbocycles. The molecule has 28 heavy (non-hydrogen) atoms. The second kappa shape index (κ2) is 9.98. The van der Waals surface area contributed by atoms with Crippen LogP contribution in [0.2, 0.25) is 0 Å². The van der Waals surface area contributed by atoms with E-state index in [-0.39, 0.29) is 11.8 Å². The van der Waals surface area contributed by atoms with E-state index in [9.17, 15) is 20.1 Å². The van der Waals surface area contributed by atoms with Gasteiger partial charge in [0, 0.05) is 6.42 Å². The van der Waals surface area contributed by atoms with Crippen LogP contribution in [0.3, 0.4) is 0 Å². The fourth-order valence-electron chi connectivity index (χ4n) is 3.26. The van der Waals surface area contributed by atoms with Gasteiger partial charge < -0.3 is 19.7 Å². The minimum absolute atomic E-state index is 0.0427. The van der Waals surface area contributed by atoms with Crippen LogP contribution >= 0.6 is 0 Å². The molecule has 0 radical (unpaired) electrons. The number of benzene rings is 2. The van der Waals surface area contributed by atoms with Gasteiger partial charge in [0.2, 0.25) is 9.04 Å². The number of carboxylic acid groups (broad SMARTS) is 1. The fourth-order valence-corrected chi connectivity index (χ4v) is 5.69. The molecular weight excluding hydrogens is 372 g/mol. The van der Waals surface area contributed by atoms with E-state index in [4.69, 9.17) is 4.43 Å². The van der Waals surface area contributed by atoms with Crippen LogP contribution in [0.5, 0.6) is 0 Å². The molecule has 3 N–H and O–H groups in total. The van der Waals surface area contributed by atoms with Crippen molar-refractivity contribution in [3.05, 3.63) is 60.7 Å². The molecule has 2 aromatic rings. The van der Waals surface area contributed by atoms with Gasteiger partial charge in [-0.05, 0) is 22.2 Å². The van der Waals surface area contributed by atoms with Gasteiger partial charge in [0.15, 0.2) is 6.10 Å². The zero-order valence-electron chi connectivity index (χ0n) is 16.7. The molecule has 0 aliphatic carbocycles. The van der Waals surface area contributed by atoms with Crippen LogP contribution in [0.25, 0.3) is 0 Å². The first-order valence-electron chi connectivity index (χ1n) is 9.51. The Labute approximate surface area is 168 Å². The van der Waals surface area contributed by atoms with Crippen molar-refractivity contribution in [3.63, 3.8) is 0 Å². The van der Waals surface area contributed by atoms with Gasteiger partial charge in [0.05, 0.1) is 12.2 Å². The first kappa shape index (κ1) is 22.3. The Morgan fingerprint density at radius 3 is 1.82 bits per heavy atom. The zero-order valence-corrected chi connectivity index (χ0v) is 17.8. The van der Waals surface area contributed by atoms with Crippen molar-refractivity contribution in [2.45, 2.75) is 51.9 Å². The summed E-state index contributed by atoms with van der Waals surface area (Å²) >= 11 is 0. The van der Waals surface area contributed by atoms with Crippen LogP contribution in [0.15, 0.2) is 60.7 Å². The standard InChI is InChI=1S/C22H30O5Si/c1-22(2,3)15-16(23)14-19(24)20(21(25)26)27-28(17-10-6-4-7-11-17)18-12-8-5-9-13-18/h4-13,16,19-20,23-24,28H,14-15H2,1-3H3,(H,25,26)/t16-,19-,20?/m1/s1. The summed E-state index contributed by atoms with van der Waals surface area (Å²) in [6, 6.07) is 19.0. The molecule has 0 saturated carbocycles. The largest absolute Gasteiger partial charge is 0.479 e. The molecule has 6 heteroatoms. The third kappa shape index (κ3) is 6.87. The van der Waals surface area contributed by atoms with Crippen LogP contribution in [-0.4, -0.2) is 48.6 Å². The first-order valence-corrected chi connectivity index (χ1v) is 11.1. The number of aliphatic hydroxyl groups is 2. The summed E-state index contributed by atoms with van der Waals surface area (Å²) in [5.74, 6) is -1.22. The predicted molar refractivity (Wildman–Crippen MR) is 113 cm³/mol. The third-order valence-corrected chi connectivity index (χ3v) is 6.99. The normalized spacial score (nSPS) is 15.2. The highest BCUT2D eigenvalue weighted by atomic mass is 28.3. The van der Waals surface area contributed by atoms with Crippen LogP contribution in [-0.2, 0) is 9.22 Å². The summed E-state index contributed by atoms with van der Waals surface area (Å²) in [6.07, 6.45) is -3.06. The van der Waals surface area contributed by atoms with E-state index in [0.29, 0.717) is 6.42 Å². The molecule has 0 heterocycles. The second-order valence-corrected chi connectivity index (χ2v) is 10.7. The molecule has 152 valence electrons. The molecule has 1 unspecified atom stereocenters. The highest BCUT2D eigenvalue weighted by molar-refractivity contribution is 6.80. The lowest BCUT2D eigenvalue weighted by Gasteiger charge is -2.28. The highest BCUT2D eigenvalue weighted by Crippen LogP contribution is 2.23. The Bertz CT molecular complexity index is 690. The second-order valence-electron chi connectivity index (χ2n) is 8.32. The van der Waals surface area contributed by atoms with Crippen molar-refractivity contribution in [2.24, 2.45) is 5.41 Å². The Morgan fingerprint density at radius 2 is 1.43 bits per heavy atom. The average molecular weight is 403 g/mol. The molecule has 2 rings (SSSR count). The maximum atomic E-state index is 11.9. The maximum absolute atomic E-state index is 11.9. The van der Waals surface area contributed by atoms with Gasteiger partial charge in [-0.3, -0.25) is 0 Å². The minimum Gasteiger partial charge on any atom is -0.479 e. The Balaban J connectivity index is 2.22. The Hall–Kier alpha value is -1.99. The minimum atomic E-state index is -2.33. The molecule has 5 nitrogen and oxygen atoms in total. The van der Waals surface area contributed by atoms with E-state index in [0.717, 1.165) is 10.4 Å². The first-order chi connectivity index (χ1) is 13.2. The van der Waals surface area contributed by atoms with Crippen LogP contribution in [0.4, 0.5) is 0 Å². The van der Waals surface area contributed by atoms with Crippen molar-refractivity contribution in [3.8, 4) is 0 Å². The van der Waals surface area contributed by atoms with Crippen LogP contribution in [0, 0.1) is 5.41 Å². The number of hydrogen-bond acceptors (Lipinski definition) is 4. The van der Waals surface area contributed by atoms with Crippen molar-refractivity contribution < 1.29 is 24.5 Å². The van der Waals surface area contributed by atoms with Crippen molar-refractivity contribution in [1.29, 1.82) is 0 Å². The van der Waals surface area contributed by atoms with Crippen molar-refractivity contribution >= 4 is 25.4 Å². The van der Waals surface area contributed by atoms with Gasteiger partial charge >= 0.3 is 5.97 Å². The molecule has 0 amide bonds. The van der Waals surface area contributed by atoms with Crippen LogP contribution < -0.4 is 10.4 Å². The van der Waals surface area contributed by atoms with Gasteiger partial charge in [0.1, 0.15) is 0 Å². The predicted octanol–water partition coefficient (Wildman–Crippen LogP) is 1.54. The maximum Gasteiger partial charge on any atom is 0.334 e. The summed E-state index contributed by atoms with van der Waals surface area (Å²) < 4.78 is 6.06. The molecular formula is C22H30O5Si. The number of hydrogen-bond donors (Lipinski definition) is 3. The van der Waals surface area contributed by atoms with E-state index in [2.05, 4.69) is 0 Å². The zero-order chi connectivity index (χ0) is 20.7. The van der Waals surface area contributed by atoms with Crippen molar-refractivity contribution in [1.82, 2.24) is 0 Å². The fraction of sp³-hybridized carbons (Fsp3) is 0.409. The van der Waals surface area contributed by atoms with E-state index in [1.54, 1.807) is 0 Å². The Morgan fingerprint density at radius 1 is 0.964 bits per heavy atom. The van der Waals surface area contributed by atoms with Gasteiger partial charge in [-0.15, -0.1) is 0 Å². The van der Waals surface area contributed by atoms with Crippen molar-refractivity contribution in [2.75, 3.05) is 0 Å². The topological polar surface area (TPSA) is 87.0 Å². The molecule has 0 spiro atoms. The number of aliphatic carboxylic acids is 1. The van der Waals surface area contributed by atoms with Gasteiger partial charge in [0.25, 0.3) is 0 Å². The summed E-state index contributed by atoms with van der Waals surface area (Å²) in [5.41, 5.74) is -0.121. The average Bonchev–Trinajstić information content (AvgIpc) is 2.61. The number of rotatable bonds is 9. The quantitative estimate of drug-likeness (QED) is 0.554. The lowest BCUT2D eigenvalue weighted by molar-refractivity contribution is -0.151. The lowest BCUT2D eigenvalue weighted by atomic mass is 9.87. The monoisotopic (exact) mass is 402 g/mol. The van der Waals surface area contributed by atoms with E-state index < -0.39 is 33.3 Å². The summed E-state index contributed by atoms with van der Waals surface area (Å²) in [7, 11) is -2.33.